The van der Waals surface area contributed by atoms with Crippen molar-refractivity contribution < 1.29 is 33.3 Å². The zero-order chi connectivity index (χ0) is 45.6. The van der Waals surface area contributed by atoms with Crippen LogP contribution in [0.1, 0.15) is 241 Å². The van der Waals surface area contributed by atoms with E-state index < -0.39 is 6.16 Å². The molecule has 9 nitrogen and oxygen atoms in total. The highest BCUT2D eigenvalue weighted by atomic mass is 16.7. The zero-order valence-corrected chi connectivity index (χ0v) is 41.8. The fourth-order valence-corrected chi connectivity index (χ4v) is 7.94. The summed E-state index contributed by atoms with van der Waals surface area (Å²) in [6.45, 7) is 19.1. The van der Waals surface area contributed by atoms with E-state index in [0.717, 1.165) is 110 Å². The lowest BCUT2D eigenvalue weighted by Crippen LogP contribution is -2.39. The van der Waals surface area contributed by atoms with Gasteiger partial charge in [0.05, 0.1) is 6.61 Å². The van der Waals surface area contributed by atoms with Gasteiger partial charge < -0.3 is 23.8 Å². The molecule has 0 heterocycles. The predicted octanol–water partition coefficient (Wildman–Crippen LogP) is 14.6. The van der Waals surface area contributed by atoms with Gasteiger partial charge in [-0.25, -0.2) is 4.79 Å². The van der Waals surface area contributed by atoms with Crippen molar-refractivity contribution in [1.82, 2.24) is 9.80 Å². The topological polar surface area (TPSA) is 94.6 Å². The van der Waals surface area contributed by atoms with E-state index in [1.165, 1.54) is 96.3 Å². The average molecular weight is 879 g/mol. The summed E-state index contributed by atoms with van der Waals surface area (Å²) in [6.07, 6.45) is 37.8. The lowest BCUT2D eigenvalue weighted by molar-refractivity contribution is -0.145. The van der Waals surface area contributed by atoms with Crippen molar-refractivity contribution in [2.75, 3.05) is 59.1 Å². The van der Waals surface area contributed by atoms with Crippen molar-refractivity contribution >= 4 is 18.1 Å². The smallest absolute Gasteiger partial charge is 0.465 e. The van der Waals surface area contributed by atoms with Crippen LogP contribution in [0.15, 0.2) is 12.2 Å². The predicted molar refractivity (Wildman–Crippen MR) is 261 cm³/mol. The maximum absolute atomic E-state index is 12.9. The van der Waals surface area contributed by atoms with Crippen molar-refractivity contribution in [2.24, 2.45) is 5.92 Å². The van der Waals surface area contributed by atoms with Crippen LogP contribution in [0, 0.1) is 5.92 Å². The Labute approximate surface area is 383 Å². The van der Waals surface area contributed by atoms with Gasteiger partial charge in [0.2, 0.25) is 0 Å². The van der Waals surface area contributed by atoms with Gasteiger partial charge in [-0.2, -0.15) is 0 Å². The third-order valence-corrected chi connectivity index (χ3v) is 12.3. The van der Waals surface area contributed by atoms with E-state index in [2.05, 4.69) is 63.5 Å². The Bertz CT molecular complexity index is 1020. The number of ether oxygens (including phenoxy) is 4. The third kappa shape index (κ3) is 40.6. The van der Waals surface area contributed by atoms with Crippen LogP contribution in [0.3, 0.4) is 0 Å². The molecule has 0 aliphatic rings. The number of unbranched alkanes of at least 4 members (excludes halogenated alkanes) is 19. The van der Waals surface area contributed by atoms with Crippen LogP contribution in [0.4, 0.5) is 4.79 Å². The van der Waals surface area contributed by atoms with Gasteiger partial charge in [-0.15, -0.1) is 0 Å². The second-order valence-corrected chi connectivity index (χ2v) is 17.9. The molecule has 0 aliphatic heterocycles. The summed E-state index contributed by atoms with van der Waals surface area (Å²) in [5, 5.41) is 0. The molecule has 9 heteroatoms. The van der Waals surface area contributed by atoms with Crippen LogP contribution >= 0.6 is 0 Å². The van der Waals surface area contributed by atoms with Crippen LogP contribution < -0.4 is 0 Å². The number of nitrogens with zero attached hydrogens (tertiary/aromatic N) is 2. The van der Waals surface area contributed by atoms with Gasteiger partial charge in [-0.3, -0.25) is 14.5 Å². The Morgan fingerprint density at radius 2 is 0.871 bits per heavy atom. The van der Waals surface area contributed by atoms with Crippen LogP contribution in [-0.4, -0.2) is 93.1 Å². The van der Waals surface area contributed by atoms with E-state index in [1.54, 1.807) is 0 Å². The normalized spacial score (nSPS) is 12.6. The molecule has 0 fully saturated rings. The van der Waals surface area contributed by atoms with E-state index >= 15 is 0 Å². The monoisotopic (exact) mass is 879 g/mol. The van der Waals surface area contributed by atoms with Gasteiger partial charge in [-0.1, -0.05) is 163 Å². The summed E-state index contributed by atoms with van der Waals surface area (Å²) in [4.78, 5) is 42.7. The number of carbonyl (C=O) groups is 3. The van der Waals surface area contributed by atoms with Gasteiger partial charge in [0.25, 0.3) is 0 Å². The number of allylic oxidation sites excluding steroid dienone is 2. The molecule has 0 rings (SSSR count). The number of hydrogen-bond acceptors (Lipinski definition) is 9. The van der Waals surface area contributed by atoms with Crippen molar-refractivity contribution in [3.63, 3.8) is 0 Å². The minimum atomic E-state index is -0.628. The molecule has 0 aromatic heterocycles. The quantitative estimate of drug-likeness (QED) is 0.0256. The molecule has 366 valence electrons. The Kier molecular flexibility index (Phi) is 45.2. The number of rotatable bonds is 47. The first-order chi connectivity index (χ1) is 30.3. The Morgan fingerprint density at radius 3 is 1.45 bits per heavy atom. The molecule has 62 heavy (non-hydrogen) atoms. The zero-order valence-electron chi connectivity index (χ0n) is 41.8. The number of hydrogen-bond donors (Lipinski definition) is 0. The lowest BCUT2D eigenvalue weighted by Gasteiger charge is -2.26. The van der Waals surface area contributed by atoms with Crippen LogP contribution in [0.25, 0.3) is 0 Å². The highest BCUT2D eigenvalue weighted by Gasteiger charge is 2.18. The largest absolute Gasteiger partial charge is 0.508 e. The molecule has 0 saturated carbocycles. The Balaban J connectivity index is 4.64. The summed E-state index contributed by atoms with van der Waals surface area (Å²) in [5.41, 5.74) is 0. The van der Waals surface area contributed by atoms with Crippen LogP contribution in [-0.2, 0) is 28.5 Å². The number of likely N-dealkylation sites (N-methyl/N-ethyl adjacent to an activating group) is 1. The molecule has 2 unspecified atom stereocenters. The molecule has 0 spiro atoms. The summed E-state index contributed by atoms with van der Waals surface area (Å²) >= 11 is 0. The first-order valence-electron chi connectivity index (χ1n) is 26.6. The van der Waals surface area contributed by atoms with Crippen molar-refractivity contribution in [1.29, 1.82) is 0 Å². The summed E-state index contributed by atoms with van der Waals surface area (Å²) in [7, 11) is 0. The summed E-state index contributed by atoms with van der Waals surface area (Å²) < 4.78 is 22.9. The molecule has 0 N–H and O–H groups in total. The number of esters is 2. The molecule has 0 saturated heterocycles. The molecule has 0 aromatic carbocycles. The summed E-state index contributed by atoms with van der Waals surface area (Å²) in [6, 6.07) is 0. The molecule has 0 bridgehead atoms. The fraction of sp³-hybridized carbons (Fsp3) is 0.906. The number of carbonyl (C=O) groups excluding carboxylic acids is 3. The maximum atomic E-state index is 12.9. The Hall–Kier alpha value is -2.13. The second kappa shape index (κ2) is 46.9. The fourth-order valence-electron chi connectivity index (χ4n) is 7.94. The van der Waals surface area contributed by atoms with E-state index in [4.69, 9.17) is 18.9 Å². The molecular formula is C53H102N2O7. The molecule has 0 aliphatic carbocycles. The van der Waals surface area contributed by atoms with E-state index in [-0.39, 0.29) is 24.6 Å². The molecule has 0 aromatic rings. The summed E-state index contributed by atoms with van der Waals surface area (Å²) in [5.74, 6) is 0.225. The Morgan fingerprint density at radius 1 is 0.435 bits per heavy atom. The molecule has 2 atom stereocenters. The standard InChI is InChI=1S/C53H102N2O7/c1-7-13-17-20-21-22-23-24-25-26-27-28-29-30-33-40-51(56)59-46-44-55(43-42-54(11-5)12-6)45-47-60-53(58)62-50(38-32-19-15-9-3)39-34-35-41-52(57)61-48-49(36-16-10-4)37-31-18-14-8-2/h24-25,49-50H,7-23,26-48H2,1-6H3/b25-24-. The van der Waals surface area contributed by atoms with E-state index in [9.17, 15) is 14.4 Å². The highest BCUT2D eigenvalue weighted by molar-refractivity contribution is 5.69. The van der Waals surface area contributed by atoms with Gasteiger partial charge in [-0.05, 0) is 96.1 Å². The first-order valence-corrected chi connectivity index (χ1v) is 26.6. The minimum absolute atomic E-state index is 0.112. The van der Waals surface area contributed by atoms with E-state index in [1.807, 2.05) is 0 Å². The van der Waals surface area contributed by atoms with Crippen LogP contribution in [0.2, 0.25) is 0 Å². The third-order valence-electron chi connectivity index (χ3n) is 12.3. The maximum Gasteiger partial charge on any atom is 0.508 e. The van der Waals surface area contributed by atoms with Gasteiger partial charge in [0.15, 0.2) is 0 Å². The van der Waals surface area contributed by atoms with Crippen LogP contribution in [0.5, 0.6) is 0 Å². The molecule has 0 amide bonds. The van der Waals surface area contributed by atoms with Gasteiger partial charge in [0.1, 0.15) is 19.3 Å². The van der Waals surface area contributed by atoms with Gasteiger partial charge >= 0.3 is 18.1 Å². The van der Waals surface area contributed by atoms with Crippen molar-refractivity contribution in [3.8, 4) is 0 Å². The molecule has 0 radical (unpaired) electrons. The van der Waals surface area contributed by atoms with E-state index in [0.29, 0.717) is 51.5 Å². The first kappa shape index (κ1) is 59.9. The molecular weight excluding hydrogens is 777 g/mol. The minimum Gasteiger partial charge on any atom is -0.465 e. The van der Waals surface area contributed by atoms with Crippen molar-refractivity contribution in [2.45, 2.75) is 247 Å². The van der Waals surface area contributed by atoms with Gasteiger partial charge in [0, 0.05) is 39.0 Å². The average Bonchev–Trinajstić information content (AvgIpc) is 3.27. The highest BCUT2D eigenvalue weighted by Crippen LogP contribution is 2.20. The van der Waals surface area contributed by atoms with Crippen molar-refractivity contribution in [3.05, 3.63) is 12.2 Å². The lowest BCUT2D eigenvalue weighted by atomic mass is 9.96. The second-order valence-electron chi connectivity index (χ2n) is 17.9. The SMILES string of the molecule is CCCCCCCC/C=C\CCCCCCCC(=O)OCCN(CCOC(=O)OC(CCCCCC)CCCCC(=O)OCC(CCCC)CCCCCC)CCN(CC)CC.